The lowest BCUT2D eigenvalue weighted by Crippen LogP contribution is -2.41. The number of piperidine rings is 1. The Labute approximate surface area is 193 Å². The van der Waals surface area contributed by atoms with Gasteiger partial charge < -0.3 is 20.5 Å². The van der Waals surface area contributed by atoms with Gasteiger partial charge in [-0.05, 0) is 75.4 Å². The maximum atomic E-state index is 12.4. The van der Waals surface area contributed by atoms with Crippen LogP contribution in [-0.2, 0) is 4.74 Å². The third kappa shape index (κ3) is 5.22. The molecule has 3 aromatic rings. The molecule has 4 rings (SSSR count). The van der Waals surface area contributed by atoms with E-state index in [9.17, 15) is 9.90 Å². The quantitative estimate of drug-likeness (QED) is 0.602. The van der Waals surface area contributed by atoms with Gasteiger partial charge in [-0.15, -0.1) is 10.2 Å². The minimum atomic E-state index is -0.498. The molecule has 1 aliphatic rings. The van der Waals surface area contributed by atoms with Crippen molar-refractivity contribution in [3.63, 3.8) is 0 Å². The normalized spacial score (nSPS) is 14.8. The molecule has 8 heteroatoms. The van der Waals surface area contributed by atoms with Crippen molar-refractivity contribution in [1.29, 1.82) is 0 Å². The van der Waals surface area contributed by atoms with Crippen LogP contribution in [0.2, 0.25) is 0 Å². The topological polar surface area (TPSA) is 114 Å². The Morgan fingerprint density at radius 2 is 1.79 bits per heavy atom. The first-order valence-corrected chi connectivity index (χ1v) is 11.1. The molecule has 0 saturated carbocycles. The van der Waals surface area contributed by atoms with Crippen molar-refractivity contribution in [1.82, 2.24) is 20.1 Å². The first kappa shape index (κ1) is 22.5. The fourth-order valence-electron chi connectivity index (χ4n) is 4.00. The Morgan fingerprint density at radius 1 is 1.06 bits per heavy atom. The van der Waals surface area contributed by atoms with Crippen LogP contribution in [0.4, 0.5) is 10.6 Å². The molecule has 1 saturated heterocycles. The third-order valence-corrected chi connectivity index (χ3v) is 5.68. The number of rotatable bonds is 3. The highest BCUT2D eigenvalue weighted by Crippen LogP contribution is 2.34. The van der Waals surface area contributed by atoms with E-state index in [2.05, 4.69) is 15.2 Å². The molecule has 0 aliphatic carbocycles. The van der Waals surface area contributed by atoms with Gasteiger partial charge in [0.1, 0.15) is 11.4 Å². The molecule has 1 amide bonds. The van der Waals surface area contributed by atoms with Crippen molar-refractivity contribution in [3.05, 3.63) is 54.2 Å². The molecule has 0 spiro atoms. The highest BCUT2D eigenvalue weighted by atomic mass is 16.6. The number of carbonyl (C=O) groups is 1. The Bertz CT molecular complexity index is 1150. The second-order valence-corrected chi connectivity index (χ2v) is 9.26. The van der Waals surface area contributed by atoms with Gasteiger partial charge in [0, 0.05) is 30.4 Å². The van der Waals surface area contributed by atoms with Crippen LogP contribution in [0.3, 0.4) is 0 Å². The minimum Gasteiger partial charge on any atom is -0.507 e. The van der Waals surface area contributed by atoms with Gasteiger partial charge >= 0.3 is 6.09 Å². The van der Waals surface area contributed by atoms with E-state index in [-0.39, 0.29) is 17.7 Å². The second-order valence-electron chi connectivity index (χ2n) is 9.26. The summed E-state index contributed by atoms with van der Waals surface area (Å²) in [4.78, 5) is 18.6. The monoisotopic (exact) mass is 447 g/mol. The van der Waals surface area contributed by atoms with Gasteiger partial charge in [0.2, 0.25) is 0 Å². The van der Waals surface area contributed by atoms with E-state index < -0.39 is 5.60 Å². The van der Waals surface area contributed by atoms with E-state index in [0.717, 1.165) is 18.4 Å². The average Bonchev–Trinajstić information content (AvgIpc) is 2.79. The number of hydrogen-bond donors (Lipinski definition) is 2. The largest absolute Gasteiger partial charge is 0.507 e. The summed E-state index contributed by atoms with van der Waals surface area (Å²) in [5.74, 6) is 0.707. The van der Waals surface area contributed by atoms with Crippen molar-refractivity contribution in [2.24, 2.45) is 0 Å². The zero-order chi connectivity index (χ0) is 23.6. The molecule has 0 bridgehead atoms. The Balaban J connectivity index is 1.53. The van der Waals surface area contributed by atoms with Gasteiger partial charge in [-0.3, -0.25) is 4.98 Å². The van der Waals surface area contributed by atoms with Gasteiger partial charge in [0.05, 0.1) is 11.4 Å². The zero-order valence-electron chi connectivity index (χ0n) is 19.2. The summed E-state index contributed by atoms with van der Waals surface area (Å²) >= 11 is 0. The molecular formula is C25H29N5O3. The number of aromatic nitrogens is 3. The minimum absolute atomic E-state index is 0.126. The lowest BCUT2D eigenvalue weighted by molar-refractivity contribution is 0.0205. The Hall–Kier alpha value is -3.68. The van der Waals surface area contributed by atoms with Crippen LogP contribution in [0.25, 0.3) is 22.5 Å². The molecule has 0 unspecified atom stereocenters. The lowest BCUT2D eigenvalue weighted by Gasteiger charge is -2.33. The number of benzene rings is 1. The van der Waals surface area contributed by atoms with Crippen molar-refractivity contribution in [2.45, 2.75) is 45.1 Å². The summed E-state index contributed by atoms with van der Waals surface area (Å²) < 4.78 is 5.50. The SMILES string of the molecule is CC(C)(C)OC(=O)N1CCC(c2ccnc(-c3cc(-c4ccccc4O)nnc3N)c2)CC1. The number of nitrogens with zero attached hydrogens (tertiary/aromatic N) is 4. The number of hydrogen-bond acceptors (Lipinski definition) is 7. The number of nitrogens with two attached hydrogens (primary N) is 1. The van der Waals surface area contributed by atoms with Crippen LogP contribution >= 0.6 is 0 Å². The number of ether oxygens (including phenoxy) is 1. The maximum absolute atomic E-state index is 12.4. The van der Waals surface area contributed by atoms with Crippen LogP contribution in [-0.4, -0.2) is 50.0 Å². The van der Waals surface area contributed by atoms with Gasteiger partial charge in [-0.1, -0.05) is 12.1 Å². The van der Waals surface area contributed by atoms with Crippen LogP contribution in [0.1, 0.15) is 45.1 Å². The molecule has 1 aromatic carbocycles. The zero-order valence-corrected chi connectivity index (χ0v) is 19.2. The summed E-state index contributed by atoms with van der Waals surface area (Å²) in [7, 11) is 0. The van der Waals surface area contributed by atoms with Gasteiger partial charge in [0.25, 0.3) is 0 Å². The highest BCUT2D eigenvalue weighted by Gasteiger charge is 2.27. The number of phenols is 1. The number of anilines is 1. The predicted octanol–water partition coefficient (Wildman–Crippen LogP) is 4.61. The number of pyridine rings is 1. The first-order chi connectivity index (χ1) is 15.7. The molecule has 172 valence electrons. The van der Waals surface area contributed by atoms with Crippen molar-refractivity contribution in [3.8, 4) is 28.3 Å². The number of aromatic hydroxyl groups is 1. The third-order valence-electron chi connectivity index (χ3n) is 5.68. The van der Waals surface area contributed by atoms with Crippen LogP contribution in [0.15, 0.2) is 48.7 Å². The number of para-hydroxylation sites is 1. The molecule has 0 radical (unpaired) electrons. The number of carbonyl (C=O) groups excluding carboxylic acids is 1. The highest BCUT2D eigenvalue weighted by molar-refractivity contribution is 5.77. The van der Waals surface area contributed by atoms with E-state index in [1.165, 1.54) is 0 Å². The molecule has 1 fully saturated rings. The molecular weight excluding hydrogens is 418 g/mol. The first-order valence-electron chi connectivity index (χ1n) is 11.1. The summed E-state index contributed by atoms with van der Waals surface area (Å²) in [6.07, 6.45) is 3.19. The Kier molecular flexibility index (Phi) is 6.18. The lowest BCUT2D eigenvalue weighted by atomic mass is 9.89. The number of amides is 1. The van der Waals surface area contributed by atoms with E-state index in [0.29, 0.717) is 41.5 Å². The van der Waals surface area contributed by atoms with Crippen molar-refractivity contribution >= 4 is 11.9 Å². The van der Waals surface area contributed by atoms with Gasteiger partial charge in [-0.2, -0.15) is 0 Å². The standard InChI is InChI=1S/C25H29N5O3/c1-25(2,3)33-24(32)30-12-9-16(10-13-30)17-8-11-27-20(14-17)19-15-21(28-29-23(19)26)18-6-4-5-7-22(18)31/h4-8,11,14-16,31H,9-10,12-13H2,1-3H3,(H2,26,29). The van der Waals surface area contributed by atoms with E-state index >= 15 is 0 Å². The average molecular weight is 448 g/mol. The Morgan fingerprint density at radius 3 is 2.48 bits per heavy atom. The molecule has 3 N–H and O–H groups in total. The van der Waals surface area contributed by atoms with Gasteiger partial charge in [0.15, 0.2) is 5.82 Å². The molecule has 3 heterocycles. The molecule has 1 aliphatic heterocycles. The van der Waals surface area contributed by atoms with Crippen molar-refractivity contribution < 1.29 is 14.6 Å². The molecule has 0 atom stereocenters. The van der Waals surface area contributed by atoms with Crippen LogP contribution in [0.5, 0.6) is 5.75 Å². The fourth-order valence-corrected chi connectivity index (χ4v) is 4.00. The van der Waals surface area contributed by atoms with Gasteiger partial charge in [-0.25, -0.2) is 4.79 Å². The number of nitrogen functional groups attached to an aromatic ring is 1. The molecule has 33 heavy (non-hydrogen) atoms. The predicted molar refractivity (Wildman–Crippen MR) is 127 cm³/mol. The fraction of sp³-hybridized carbons (Fsp3) is 0.360. The summed E-state index contributed by atoms with van der Waals surface area (Å²) in [5, 5.41) is 18.4. The summed E-state index contributed by atoms with van der Waals surface area (Å²) in [6, 6.07) is 12.8. The summed E-state index contributed by atoms with van der Waals surface area (Å²) in [5.41, 5.74) is 9.25. The second kappa shape index (κ2) is 9.05. The maximum Gasteiger partial charge on any atom is 0.410 e. The van der Waals surface area contributed by atoms with Crippen LogP contribution in [0, 0.1) is 0 Å². The van der Waals surface area contributed by atoms with E-state index in [1.54, 1.807) is 35.4 Å². The number of likely N-dealkylation sites (tertiary alicyclic amines) is 1. The summed E-state index contributed by atoms with van der Waals surface area (Å²) in [6.45, 7) is 6.92. The van der Waals surface area contributed by atoms with E-state index in [4.69, 9.17) is 10.5 Å². The number of phenolic OH excluding ortho intramolecular Hbond substituents is 1. The van der Waals surface area contributed by atoms with Crippen LogP contribution < -0.4 is 5.73 Å². The van der Waals surface area contributed by atoms with E-state index in [1.807, 2.05) is 39.0 Å². The smallest absolute Gasteiger partial charge is 0.410 e. The molecule has 2 aromatic heterocycles. The molecule has 8 nitrogen and oxygen atoms in total. The van der Waals surface area contributed by atoms with Crippen molar-refractivity contribution in [2.75, 3.05) is 18.8 Å².